The van der Waals surface area contributed by atoms with E-state index in [0.717, 1.165) is 12.4 Å². The van der Waals surface area contributed by atoms with Crippen LogP contribution >= 0.6 is 11.6 Å². The van der Waals surface area contributed by atoms with E-state index in [0.29, 0.717) is 17.0 Å². The molecule has 33 heavy (non-hydrogen) atoms. The van der Waals surface area contributed by atoms with E-state index in [1.165, 1.54) is 18.5 Å². The van der Waals surface area contributed by atoms with Crippen molar-refractivity contribution in [2.45, 2.75) is 31.7 Å². The molecular weight excluding hydrogens is 459 g/mol. The summed E-state index contributed by atoms with van der Waals surface area (Å²) in [5.41, 5.74) is 1.30. The second kappa shape index (κ2) is 9.48. The molecule has 1 aromatic carbocycles. The minimum Gasteiger partial charge on any atom is -0.446 e. The molecule has 0 radical (unpaired) electrons. The number of nitrogens with zero attached hydrogens (tertiary/aromatic N) is 4. The standard InChI is InChI=1S/C22H21ClF3N5O2/c1-13-19(33-12-30-13)18(31-6-4-22(25,26)5-7-31)11-29-21(32)16-8-14(2-3-17(16)23)20-27-9-15(24)10-28-20/h2-3,8-10,12,18H,4-7,11H2,1H3,(H,29,32). The maximum atomic E-state index is 13.7. The van der Waals surface area contributed by atoms with Crippen LogP contribution in [0.3, 0.4) is 0 Å². The highest BCUT2D eigenvalue weighted by Crippen LogP contribution is 2.33. The smallest absolute Gasteiger partial charge is 0.252 e. The zero-order valence-electron chi connectivity index (χ0n) is 17.7. The van der Waals surface area contributed by atoms with Crippen molar-refractivity contribution >= 4 is 17.5 Å². The van der Waals surface area contributed by atoms with E-state index in [1.807, 2.05) is 4.90 Å². The molecule has 1 fully saturated rings. The molecule has 3 aromatic rings. The highest BCUT2D eigenvalue weighted by molar-refractivity contribution is 6.34. The Balaban J connectivity index is 1.52. The van der Waals surface area contributed by atoms with Gasteiger partial charge in [-0.25, -0.2) is 28.1 Å². The summed E-state index contributed by atoms with van der Waals surface area (Å²) in [5.74, 6) is -2.98. The molecule has 174 valence electrons. The van der Waals surface area contributed by atoms with Crippen molar-refractivity contribution in [1.29, 1.82) is 0 Å². The van der Waals surface area contributed by atoms with Gasteiger partial charge in [-0.3, -0.25) is 9.69 Å². The van der Waals surface area contributed by atoms with Crippen LogP contribution in [-0.4, -0.2) is 51.3 Å². The molecule has 1 unspecified atom stereocenters. The molecule has 1 amide bonds. The zero-order chi connectivity index (χ0) is 23.6. The molecule has 0 bridgehead atoms. The first kappa shape index (κ1) is 23.2. The number of aryl methyl sites for hydroxylation is 1. The number of amides is 1. The fourth-order valence-corrected chi connectivity index (χ4v) is 3.97. The van der Waals surface area contributed by atoms with E-state index in [4.69, 9.17) is 16.0 Å². The first-order chi connectivity index (χ1) is 15.7. The third-order valence-electron chi connectivity index (χ3n) is 5.60. The fourth-order valence-electron chi connectivity index (χ4n) is 3.77. The van der Waals surface area contributed by atoms with Gasteiger partial charge in [0, 0.05) is 38.0 Å². The van der Waals surface area contributed by atoms with Crippen LogP contribution in [0.1, 0.15) is 40.7 Å². The van der Waals surface area contributed by atoms with Gasteiger partial charge in [0.2, 0.25) is 0 Å². The summed E-state index contributed by atoms with van der Waals surface area (Å²) >= 11 is 6.24. The van der Waals surface area contributed by atoms with Gasteiger partial charge in [0.05, 0.1) is 34.7 Å². The Hall–Kier alpha value is -2.98. The number of benzene rings is 1. The largest absolute Gasteiger partial charge is 0.446 e. The quantitative estimate of drug-likeness (QED) is 0.563. The first-order valence-electron chi connectivity index (χ1n) is 10.3. The second-order valence-electron chi connectivity index (χ2n) is 7.84. The summed E-state index contributed by atoms with van der Waals surface area (Å²) < 4.78 is 46.0. The highest BCUT2D eigenvalue weighted by atomic mass is 35.5. The van der Waals surface area contributed by atoms with Crippen LogP contribution < -0.4 is 5.32 Å². The number of alkyl halides is 2. The molecule has 1 aliphatic heterocycles. The van der Waals surface area contributed by atoms with Crippen molar-refractivity contribution in [1.82, 2.24) is 25.2 Å². The molecule has 11 heteroatoms. The molecule has 2 aromatic heterocycles. The molecule has 1 saturated heterocycles. The Morgan fingerprint density at radius 3 is 2.58 bits per heavy atom. The number of likely N-dealkylation sites (tertiary alicyclic amines) is 1. The molecule has 0 aliphatic carbocycles. The number of hydrogen-bond acceptors (Lipinski definition) is 6. The number of halogens is 4. The van der Waals surface area contributed by atoms with Crippen molar-refractivity contribution in [3.8, 4) is 11.4 Å². The molecule has 0 spiro atoms. The molecule has 1 atom stereocenters. The summed E-state index contributed by atoms with van der Waals surface area (Å²) in [7, 11) is 0. The van der Waals surface area contributed by atoms with Gasteiger partial charge < -0.3 is 9.73 Å². The number of rotatable bonds is 6. The fraction of sp³-hybridized carbons (Fsp3) is 0.364. The minimum absolute atomic E-state index is 0.105. The van der Waals surface area contributed by atoms with E-state index < -0.39 is 23.7 Å². The minimum atomic E-state index is -2.70. The van der Waals surface area contributed by atoms with Gasteiger partial charge in [-0.05, 0) is 25.1 Å². The Kier molecular flexibility index (Phi) is 6.66. The average Bonchev–Trinajstić information content (AvgIpc) is 3.21. The zero-order valence-corrected chi connectivity index (χ0v) is 18.5. The van der Waals surface area contributed by atoms with Gasteiger partial charge in [-0.15, -0.1) is 0 Å². The number of aromatic nitrogens is 3. The summed E-state index contributed by atoms with van der Waals surface area (Å²) in [6.07, 6.45) is 2.82. The Morgan fingerprint density at radius 1 is 1.24 bits per heavy atom. The van der Waals surface area contributed by atoms with E-state index >= 15 is 0 Å². The number of oxazole rings is 1. The molecule has 7 nitrogen and oxygen atoms in total. The maximum absolute atomic E-state index is 13.7. The third kappa shape index (κ3) is 5.33. The number of piperidine rings is 1. The lowest BCUT2D eigenvalue weighted by Crippen LogP contribution is -2.45. The van der Waals surface area contributed by atoms with Crippen LogP contribution in [0.15, 0.2) is 41.4 Å². The van der Waals surface area contributed by atoms with Gasteiger partial charge in [0.15, 0.2) is 18.0 Å². The van der Waals surface area contributed by atoms with E-state index in [1.54, 1.807) is 13.0 Å². The third-order valence-corrected chi connectivity index (χ3v) is 5.93. The number of carbonyl (C=O) groups is 1. The van der Waals surface area contributed by atoms with Gasteiger partial charge in [-0.1, -0.05) is 11.6 Å². The van der Waals surface area contributed by atoms with Crippen molar-refractivity contribution in [2.24, 2.45) is 0 Å². The predicted molar refractivity (Wildman–Crippen MR) is 115 cm³/mol. The maximum Gasteiger partial charge on any atom is 0.252 e. The van der Waals surface area contributed by atoms with E-state index in [9.17, 15) is 18.0 Å². The van der Waals surface area contributed by atoms with Crippen LogP contribution in [-0.2, 0) is 0 Å². The number of carbonyl (C=O) groups excluding carboxylic acids is 1. The lowest BCUT2D eigenvalue weighted by Gasteiger charge is -2.36. The molecule has 1 N–H and O–H groups in total. The molecule has 0 saturated carbocycles. The lowest BCUT2D eigenvalue weighted by atomic mass is 10.0. The van der Waals surface area contributed by atoms with Gasteiger partial charge in [0.25, 0.3) is 11.8 Å². The van der Waals surface area contributed by atoms with Crippen LogP contribution in [0, 0.1) is 12.7 Å². The van der Waals surface area contributed by atoms with Crippen LogP contribution in [0.2, 0.25) is 5.02 Å². The van der Waals surface area contributed by atoms with Crippen LogP contribution in [0.25, 0.3) is 11.4 Å². The van der Waals surface area contributed by atoms with Gasteiger partial charge in [-0.2, -0.15) is 0 Å². The Labute approximate surface area is 193 Å². The Bertz CT molecular complexity index is 1130. The van der Waals surface area contributed by atoms with Crippen molar-refractivity contribution < 1.29 is 22.4 Å². The normalized spacial score (nSPS) is 17.0. The molecule has 3 heterocycles. The van der Waals surface area contributed by atoms with E-state index in [-0.39, 0.29) is 48.9 Å². The molecule has 1 aliphatic rings. The number of hydrogen-bond donors (Lipinski definition) is 1. The summed E-state index contributed by atoms with van der Waals surface area (Å²) in [4.78, 5) is 26.8. The summed E-state index contributed by atoms with van der Waals surface area (Å²) in [6.45, 7) is 2.18. The SMILES string of the molecule is Cc1ncoc1C(CNC(=O)c1cc(-c2ncc(F)cn2)ccc1Cl)N1CCC(F)(F)CC1. The predicted octanol–water partition coefficient (Wildman–Crippen LogP) is 4.43. The van der Waals surface area contributed by atoms with Gasteiger partial charge >= 0.3 is 0 Å². The Morgan fingerprint density at radius 2 is 1.94 bits per heavy atom. The first-order valence-corrected chi connectivity index (χ1v) is 10.7. The van der Waals surface area contributed by atoms with Crippen molar-refractivity contribution in [3.63, 3.8) is 0 Å². The molecular formula is C22H21ClF3N5O2. The summed E-state index contributed by atoms with van der Waals surface area (Å²) in [5, 5.41) is 3.03. The summed E-state index contributed by atoms with van der Waals surface area (Å²) in [6, 6.07) is 4.21. The monoisotopic (exact) mass is 479 g/mol. The van der Waals surface area contributed by atoms with Gasteiger partial charge in [0.1, 0.15) is 5.76 Å². The van der Waals surface area contributed by atoms with Crippen molar-refractivity contribution in [3.05, 3.63) is 64.8 Å². The van der Waals surface area contributed by atoms with Crippen LogP contribution in [0.4, 0.5) is 13.2 Å². The number of nitrogens with one attached hydrogen (secondary N) is 1. The van der Waals surface area contributed by atoms with Crippen LogP contribution in [0.5, 0.6) is 0 Å². The average molecular weight is 480 g/mol. The van der Waals surface area contributed by atoms with E-state index in [2.05, 4.69) is 20.3 Å². The lowest BCUT2D eigenvalue weighted by molar-refractivity contribution is -0.0647. The van der Waals surface area contributed by atoms with Crippen molar-refractivity contribution in [2.75, 3.05) is 19.6 Å². The topological polar surface area (TPSA) is 84.2 Å². The second-order valence-corrected chi connectivity index (χ2v) is 8.25. The highest BCUT2D eigenvalue weighted by Gasteiger charge is 2.38. The molecule has 4 rings (SSSR count).